The maximum atomic E-state index is 10.2. The first-order valence-electron chi connectivity index (χ1n) is 5.76. The Labute approximate surface area is 96.8 Å². The Morgan fingerprint density at radius 3 is 2.94 bits per heavy atom. The van der Waals surface area contributed by atoms with Crippen molar-refractivity contribution in [2.75, 3.05) is 0 Å². The van der Waals surface area contributed by atoms with Crippen molar-refractivity contribution in [3.63, 3.8) is 0 Å². The first kappa shape index (κ1) is 11.0. The van der Waals surface area contributed by atoms with Crippen molar-refractivity contribution < 1.29 is 5.11 Å². The van der Waals surface area contributed by atoms with E-state index in [0.29, 0.717) is 0 Å². The van der Waals surface area contributed by atoms with E-state index in [2.05, 4.69) is 18.8 Å². The molecule has 82 valence electrons. The molecular formula is C15H16O. The molecule has 0 saturated carbocycles. The predicted molar refractivity (Wildman–Crippen MR) is 66.6 cm³/mol. The molecular weight excluding hydrogens is 196 g/mol. The summed E-state index contributed by atoms with van der Waals surface area (Å²) in [5.74, 6) is 6.18. The average Bonchev–Trinajstić information content (AvgIpc) is 2.33. The summed E-state index contributed by atoms with van der Waals surface area (Å²) in [7, 11) is 0. The van der Waals surface area contributed by atoms with Gasteiger partial charge >= 0.3 is 0 Å². The maximum Gasteiger partial charge on any atom is 0.0968 e. The minimum atomic E-state index is -0.481. The normalized spacial score (nSPS) is 22.1. The molecule has 1 aliphatic rings. The van der Waals surface area contributed by atoms with E-state index in [1.807, 2.05) is 36.4 Å². The number of fused-ring (bicyclic) bond motifs is 1. The van der Waals surface area contributed by atoms with Gasteiger partial charge < -0.3 is 5.11 Å². The van der Waals surface area contributed by atoms with Gasteiger partial charge in [-0.15, -0.1) is 5.92 Å². The summed E-state index contributed by atoms with van der Waals surface area (Å²) >= 11 is 0. The van der Waals surface area contributed by atoms with Crippen molar-refractivity contribution in [3.8, 4) is 11.8 Å². The first-order valence-corrected chi connectivity index (χ1v) is 5.76. The van der Waals surface area contributed by atoms with Gasteiger partial charge in [0.25, 0.3) is 0 Å². The fourth-order valence-electron chi connectivity index (χ4n) is 1.88. The fraction of sp³-hybridized carbons (Fsp3) is 0.333. The highest BCUT2D eigenvalue weighted by atomic mass is 16.3. The molecule has 0 bridgehead atoms. The average molecular weight is 212 g/mol. The molecule has 0 spiro atoms. The molecule has 0 heterocycles. The molecule has 1 aromatic rings. The third-order valence-corrected chi connectivity index (χ3v) is 2.78. The van der Waals surface area contributed by atoms with Crippen LogP contribution in [0.5, 0.6) is 0 Å². The Kier molecular flexibility index (Phi) is 3.44. The summed E-state index contributed by atoms with van der Waals surface area (Å²) in [6.07, 6.45) is 5.53. The molecule has 0 fully saturated rings. The van der Waals surface area contributed by atoms with Crippen LogP contribution in [0.1, 0.15) is 37.0 Å². The monoisotopic (exact) mass is 212 g/mol. The quantitative estimate of drug-likeness (QED) is 0.709. The topological polar surface area (TPSA) is 20.2 Å². The predicted octanol–water partition coefficient (Wildman–Crippen LogP) is 3.17. The van der Waals surface area contributed by atoms with E-state index in [-0.39, 0.29) is 5.92 Å². The van der Waals surface area contributed by atoms with Crippen molar-refractivity contribution in [1.82, 2.24) is 0 Å². The lowest BCUT2D eigenvalue weighted by atomic mass is 9.87. The van der Waals surface area contributed by atoms with E-state index in [4.69, 9.17) is 0 Å². The number of unbranched alkanes of at least 4 members (excludes halogenated alkanes) is 1. The van der Waals surface area contributed by atoms with E-state index >= 15 is 0 Å². The molecule has 0 saturated heterocycles. The van der Waals surface area contributed by atoms with Gasteiger partial charge in [-0.05, 0) is 17.5 Å². The van der Waals surface area contributed by atoms with Gasteiger partial charge in [-0.1, -0.05) is 49.3 Å². The number of aliphatic hydroxyl groups excluding tert-OH is 1. The van der Waals surface area contributed by atoms with E-state index in [1.165, 1.54) is 0 Å². The Hall–Kier alpha value is -1.52. The Morgan fingerprint density at radius 1 is 1.31 bits per heavy atom. The summed E-state index contributed by atoms with van der Waals surface area (Å²) < 4.78 is 0. The minimum Gasteiger partial charge on any atom is -0.387 e. The zero-order valence-corrected chi connectivity index (χ0v) is 9.48. The standard InChI is InChI=1S/C15H16O/c1-2-3-4-8-13-11-10-12-7-5-6-9-14(12)15(13)16/h5-7,9-11,13,15-16H,2-3H2,1H3/t13-,15-/m0/s1. The van der Waals surface area contributed by atoms with Crippen LogP contribution in [0.15, 0.2) is 30.3 Å². The summed E-state index contributed by atoms with van der Waals surface area (Å²) in [5.41, 5.74) is 2.09. The molecule has 0 aliphatic heterocycles. The van der Waals surface area contributed by atoms with E-state index in [1.54, 1.807) is 0 Å². The molecule has 1 aliphatic carbocycles. The maximum absolute atomic E-state index is 10.2. The van der Waals surface area contributed by atoms with Crippen molar-refractivity contribution >= 4 is 6.08 Å². The van der Waals surface area contributed by atoms with Gasteiger partial charge in [-0.25, -0.2) is 0 Å². The van der Waals surface area contributed by atoms with Gasteiger partial charge in [0, 0.05) is 6.42 Å². The molecule has 1 heteroatoms. The van der Waals surface area contributed by atoms with Crippen molar-refractivity contribution in [1.29, 1.82) is 0 Å². The van der Waals surface area contributed by atoms with Crippen LogP contribution in [0.3, 0.4) is 0 Å². The second-order valence-electron chi connectivity index (χ2n) is 4.03. The Balaban J connectivity index is 2.22. The molecule has 16 heavy (non-hydrogen) atoms. The molecule has 2 atom stereocenters. The molecule has 1 N–H and O–H groups in total. The van der Waals surface area contributed by atoms with E-state index < -0.39 is 6.10 Å². The van der Waals surface area contributed by atoms with Gasteiger partial charge in [0.05, 0.1) is 12.0 Å². The highest BCUT2D eigenvalue weighted by molar-refractivity contribution is 5.58. The van der Waals surface area contributed by atoms with Crippen LogP contribution < -0.4 is 0 Å². The second-order valence-corrected chi connectivity index (χ2v) is 4.03. The highest BCUT2D eigenvalue weighted by Gasteiger charge is 2.21. The first-order chi connectivity index (χ1) is 7.83. The lowest BCUT2D eigenvalue weighted by Crippen LogP contribution is -2.13. The van der Waals surface area contributed by atoms with Gasteiger partial charge in [0.2, 0.25) is 0 Å². The highest BCUT2D eigenvalue weighted by Crippen LogP contribution is 2.31. The van der Waals surface area contributed by atoms with Crippen LogP contribution in [-0.2, 0) is 0 Å². The lowest BCUT2D eigenvalue weighted by molar-refractivity contribution is 0.153. The SMILES string of the molecule is CCCC#C[C@H]1C=Cc2ccccc2[C@H]1O. The van der Waals surface area contributed by atoms with Crippen molar-refractivity contribution in [3.05, 3.63) is 41.5 Å². The van der Waals surface area contributed by atoms with Gasteiger partial charge in [-0.2, -0.15) is 0 Å². The number of aliphatic hydroxyl groups is 1. The van der Waals surface area contributed by atoms with Crippen LogP contribution in [-0.4, -0.2) is 5.11 Å². The van der Waals surface area contributed by atoms with Gasteiger partial charge in [-0.3, -0.25) is 0 Å². The largest absolute Gasteiger partial charge is 0.387 e. The van der Waals surface area contributed by atoms with E-state index in [0.717, 1.165) is 24.0 Å². The Morgan fingerprint density at radius 2 is 2.12 bits per heavy atom. The van der Waals surface area contributed by atoms with Crippen LogP contribution >= 0.6 is 0 Å². The summed E-state index contributed by atoms with van der Waals surface area (Å²) in [6, 6.07) is 7.93. The van der Waals surface area contributed by atoms with Crippen LogP contribution in [0, 0.1) is 17.8 Å². The minimum absolute atomic E-state index is 0.0542. The molecule has 1 nitrogen and oxygen atoms in total. The number of rotatable bonds is 1. The van der Waals surface area contributed by atoms with Crippen molar-refractivity contribution in [2.24, 2.45) is 5.92 Å². The zero-order chi connectivity index (χ0) is 11.4. The molecule has 1 aromatic carbocycles. The number of hydrogen-bond donors (Lipinski definition) is 1. The molecule has 0 amide bonds. The summed E-state index contributed by atoms with van der Waals surface area (Å²) in [4.78, 5) is 0. The fourth-order valence-corrected chi connectivity index (χ4v) is 1.88. The second kappa shape index (κ2) is 5.01. The smallest absolute Gasteiger partial charge is 0.0968 e. The summed E-state index contributed by atoms with van der Waals surface area (Å²) in [5, 5.41) is 10.2. The molecule has 0 unspecified atom stereocenters. The zero-order valence-electron chi connectivity index (χ0n) is 9.48. The third-order valence-electron chi connectivity index (χ3n) is 2.78. The van der Waals surface area contributed by atoms with E-state index in [9.17, 15) is 5.11 Å². The Bertz CT molecular complexity index is 448. The molecule has 0 aromatic heterocycles. The van der Waals surface area contributed by atoms with Gasteiger partial charge in [0.1, 0.15) is 0 Å². The number of hydrogen-bond acceptors (Lipinski definition) is 1. The van der Waals surface area contributed by atoms with Crippen LogP contribution in [0.25, 0.3) is 6.08 Å². The third kappa shape index (κ3) is 2.18. The summed E-state index contributed by atoms with van der Waals surface area (Å²) in [6.45, 7) is 2.11. The van der Waals surface area contributed by atoms with Crippen LogP contribution in [0.2, 0.25) is 0 Å². The van der Waals surface area contributed by atoms with Crippen molar-refractivity contribution in [2.45, 2.75) is 25.9 Å². The lowest BCUT2D eigenvalue weighted by Gasteiger charge is -2.21. The number of benzene rings is 1. The molecule has 2 rings (SSSR count). The van der Waals surface area contributed by atoms with Gasteiger partial charge in [0.15, 0.2) is 0 Å². The van der Waals surface area contributed by atoms with Crippen LogP contribution in [0.4, 0.5) is 0 Å². The molecule has 0 radical (unpaired) electrons.